The molecule has 0 aromatic carbocycles. The first kappa shape index (κ1) is 21.6. The lowest BCUT2D eigenvalue weighted by Crippen LogP contribution is -2.43. The van der Waals surface area contributed by atoms with E-state index >= 15 is 0 Å². The molecular weight excluding hydrogens is 304 g/mol. The highest BCUT2D eigenvalue weighted by Crippen LogP contribution is 2.20. The van der Waals surface area contributed by atoms with Crippen molar-refractivity contribution in [3.05, 3.63) is 25.0 Å². The summed E-state index contributed by atoms with van der Waals surface area (Å²) in [7, 11) is 0. The van der Waals surface area contributed by atoms with E-state index in [1.54, 1.807) is 27.7 Å². The Morgan fingerprint density at radius 1 is 1.22 bits per heavy atom. The fraction of sp³-hybridized carbons (Fsp3) is 0.688. The molecule has 7 heteroatoms. The molecule has 0 aromatic heterocycles. The van der Waals surface area contributed by atoms with Crippen molar-refractivity contribution >= 4 is 5.97 Å². The minimum atomic E-state index is -1.44. The first-order valence-electron chi connectivity index (χ1n) is 7.44. The number of rotatable bonds is 13. The van der Waals surface area contributed by atoms with Crippen molar-refractivity contribution in [3.63, 3.8) is 0 Å². The van der Waals surface area contributed by atoms with Gasteiger partial charge < -0.3 is 18.9 Å². The fourth-order valence-corrected chi connectivity index (χ4v) is 1.62. The predicted molar refractivity (Wildman–Crippen MR) is 84.1 cm³/mol. The van der Waals surface area contributed by atoms with Gasteiger partial charge in [0.25, 0.3) is 5.97 Å². The van der Waals surface area contributed by atoms with Crippen LogP contribution in [0.15, 0.2) is 25.0 Å². The predicted octanol–water partition coefficient (Wildman–Crippen LogP) is 2.72. The molecule has 0 aliphatic rings. The molecule has 134 valence electrons. The molecule has 0 N–H and O–H groups in total. The third-order valence-corrected chi connectivity index (χ3v) is 2.48. The summed E-state index contributed by atoms with van der Waals surface area (Å²) < 4.78 is 32.1. The standard InChI is InChI=1S/C16H28O7/c1-8-18-13(5)22-16(7,23-14(6)19-9-2)21-11-10-20-15(17)12(3)4/h8,13-14H,1,3,9-11H2,2,4-7H3. The zero-order valence-electron chi connectivity index (χ0n) is 14.6. The second kappa shape index (κ2) is 11.2. The zero-order valence-corrected chi connectivity index (χ0v) is 14.6. The van der Waals surface area contributed by atoms with Crippen molar-refractivity contribution in [2.45, 2.75) is 53.2 Å². The van der Waals surface area contributed by atoms with E-state index < -0.39 is 24.5 Å². The molecule has 0 aliphatic carbocycles. The molecule has 3 unspecified atom stereocenters. The lowest BCUT2D eigenvalue weighted by atomic mass is 10.4. The highest BCUT2D eigenvalue weighted by molar-refractivity contribution is 5.86. The Hall–Kier alpha value is -1.41. The third kappa shape index (κ3) is 10.1. The number of esters is 1. The van der Waals surface area contributed by atoms with Crippen LogP contribution in [0.25, 0.3) is 0 Å². The van der Waals surface area contributed by atoms with Gasteiger partial charge in [0.05, 0.1) is 12.9 Å². The third-order valence-electron chi connectivity index (χ3n) is 2.48. The minimum Gasteiger partial charge on any atom is -0.473 e. The summed E-state index contributed by atoms with van der Waals surface area (Å²) in [6.07, 6.45) is 0.0503. The highest BCUT2D eigenvalue weighted by atomic mass is 16.9. The van der Waals surface area contributed by atoms with Crippen LogP contribution in [-0.2, 0) is 33.2 Å². The molecule has 0 saturated heterocycles. The SMILES string of the molecule is C=COC(C)OC(C)(OCCOC(=O)C(=C)C)OC(C)OCC. The molecule has 0 amide bonds. The Morgan fingerprint density at radius 2 is 1.83 bits per heavy atom. The van der Waals surface area contributed by atoms with Gasteiger partial charge in [-0.25, -0.2) is 4.79 Å². The van der Waals surface area contributed by atoms with Crippen LogP contribution >= 0.6 is 0 Å². The molecule has 7 nitrogen and oxygen atoms in total. The van der Waals surface area contributed by atoms with E-state index in [1.807, 2.05) is 6.92 Å². The molecule has 23 heavy (non-hydrogen) atoms. The van der Waals surface area contributed by atoms with Gasteiger partial charge in [-0.15, -0.1) is 0 Å². The maximum absolute atomic E-state index is 11.3. The van der Waals surface area contributed by atoms with Gasteiger partial charge in [0.2, 0.25) is 6.29 Å². The molecule has 0 rings (SSSR count). The average molecular weight is 332 g/mol. The highest BCUT2D eigenvalue weighted by Gasteiger charge is 2.33. The first-order chi connectivity index (χ1) is 10.7. The largest absolute Gasteiger partial charge is 0.473 e. The van der Waals surface area contributed by atoms with Crippen molar-refractivity contribution < 1.29 is 33.2 Å². The van der Waals surface area contributed by atoms with E-state index in [2.05, 4.69) is 13.2 Å². The molecule has 3 atom stereocenters. The Balaban J connectivity index is 4.54. The maximum Gasteiger partial charge on any atom is 0.333 e. The van der Waals surface area contributed by atoms with Gasteiger partial charge in [-0.05, 0) is 27.7 Å². The van der Waals surface area contributed by atoms with E-state index in [0.29, 0.717) is 12.2 Å². The monoisotopic (exact) mass is 332 g/mol. The zero-order chi connectivity index (χ0) is 17.9. The topological polar surface area (TPSA) is 72.5 Å². The van der Waals surface area contributed by atoms with Crippen LogP contribution in [-0.4, -0.2) is 44.3 Å². The summed E-state index contributed by atoms with van der Waals surface area (Å²) in [5, 5.41) is 0. The summed E-state index contributed by atoms with van der Waals surface area (Å²) in [4.78, 5) is 11.3. The van der Waals surface area contributed by atoms with Crippen LogP contribution in [0.1, 0.15) is 34.6 Å². The quantitative estimate of drug-likeness (QED) is 0.169. The number of carbonyl (C=O) groups excluding carboxylic acids is 1. The molecule has 0 heterocycles. The van der Waals surface area contributed by atoms with Crippen molar-refractivity contribution in [3.8, 4) is 0 Å². The molecule has 0 radical (unpaired) electrons. The van der Waals surface area contributed by atoms with Crippen molar-refractivity contribution in [1.29, 1.82) is 0 Å². The second-order valence-electron chi connectivity index (χ2n) is 4.76. The summed E-state index contributed by atoms with van der Waals surface area (Å²) in [5.74, 6) is -1.92. The van der Waals surface area contributed by atoms with Gasteiger partial charge in [-0.1, -0.05) is 13.2 Å². The summed E-state index contributed by atoms with van der Waals surface area (Å²) in [5.41, 5.74) is 0.318. The van der Waals surface area contributed by atoms with E-state index in [0.717, 1.165) is 0 Å². The van der Waals surface area contributed by atoms with Crippen LogP contribution in [0.2, 0.25) is 0 Å². The number of hydrogen-bond donors (Lipinski definition) is 0. The maximum atomic E-state index is 11.3. The molecule has 0 fully saturated rings. The minimum absolute atomic E-state index is 0.0354. The van der Waals surface area contributed by atoms with Crippen LogP contribution < -0.4 is 0 Å². The van der Waals surface area contributed by atoms with Gasteiger partial charge in [-0.3, -0.25) is 9.47 Å². The number of ether oxygens (including phenoxy) is 6. The lowest BCUT2D eigenvalue weighted by Gasteiger charge is -2.33. The molecule has 0 aromatic rings. The molecule has 0 aliphatic heterocycles. The molecular formula is C16H28O7. The van der Waals surface area contributed by atoms with Crippen LogP contribution in [0.3, 0.4) is 0 Å². The second-order valence-corrected chi connectivity index (χ2v) is 4.76. The molecule has 0 saturated carbocycles. The summed E-state index contributed by atoms with van der Waals surface area (Å²) in [6.45, 7) is 15.9. The van der Waals surface area contributed by atoms with Gasteiger partial charge >= 0.3 is 5.97 Å². The molecule has 0 bridgehead atoms. The van der Waals surface area contributed by atoms with Crippen molar-refractivity contribution in [2.75, 3.05) is 19.8 Å². The van der Waals surface area contributed by atoms with E-state index in [4.69, 9.17) is 28.4 Å². The first-order valence-corrected chi connectivity index (χ1v) is 7.44. The van der Waals surface area contributed by atoms with Gasteiger partial charge in [0.1, 0.15) is 6.61 Å². The van der Waals surface area contributed by atoms with Crippen LogP contribution in [0.5, 0.6) is 0 Å². The Bertz CT molecular complexity index is 383. The Kier molecular flexibility index (Phi) is 10.5. The number of hydrogen-bond acceptors (Lipinski definition) is 7. The smallest absolute Gasteiger partial charge is 0.333 e. The van der Waals surface area contributed by atoms with Gasteiger partial charge in [0.15, 0.2) is 6.29 Å². The number of carbonyl (C=O) groups is 1. The average Bonchev–Trinajstić information content (AvgIpc) is 2.43. The van der Waals surface area contributed by atoms with E-state index in [-0.39, 0.29) is 13.2 Å². The van der Waals surface area contributed by atoms with Crippen LogP contribution in [0.4, 0.5) is 0 Å². The van der Waals surface area contributed by atoms with Crippen LogP contribution in [0, 0.1) is 0 Å². The Morgan fingerprint density at radius 3 is 2.35 bits per heavy atom. The van der Waals surface area contributed by atoms with Gasteiger partial charge in [0, 0.05) is 19.1 Å². The summed E-state index contributed by atoms with van der Waals surface area (Å²) >= 11 is 0. The van der Waals surface area contributed by atoms with E-state index in [1.165, 1.54) is 6.26 Å². The fourth-order valence-electron chi connectivity index (χ4n) is 1.62. The Labute approximate surface area is 138 Å². The van der Waals surface area contributed by atoms with Crippen molar-refractivity contribution in [2.24, 2.45) is 0 Å². The summed E-state index contributed by atoms with van der Waals surface area (Å²) in [6, 6.07) is 0. The van der Waals surface area contributed by atoms with E-state index in [9.17, 15) is 4.79 Å². The molecule has 0 spiro atoms. The van der Waals surface area contributed by atoms with Crippen molar-refractivity contribution in [1.82, 2.24) is 0 Å². The lowest BCUT2D eigenvalue weighted by molar-refractivity contribution is -0.433. The van der Waals surface area contributed by atoms with Gasteiger partial charge in [-0.2, -0.15) is 0 Å². The normalized spacial score (nSPS) is 16.0.